The fourth-order valence-corrected chi connectivity index (χ4v) is 4.99. The number of ketones is 2. The number of carbonyl (C=O) groups is 2. The van der Waals surface area contributed by atoms with Crippen LogP contribution in [0.15, 0.2) is 48.5 Å². The van der Waals surface area contributed by atoms with E-state index >= 15 is 0 Å². The van der Waals surface area contributed by atoms with Crippen LogP contribution in [0.25, 0.3) is 0 Å². The molecule has 0 fully saturated rings. The molecule has 2 heteroatoms. The van der Waals surface area contributed by atoms with Crippen LogP contribution in [0.2, 0.25) is 0 Å². The maximum absolute atomic E-state index is 12.7. The van der Waals surface area contributed by atoms with Crippen molar-refractivity contribution >= 4 is 11.6 Å². The van der Waals surface area contributed by atoms with Crippen LogP contribution < -0.4 is 0 Å². The minimum absolute atomic E-state index is 0.0383. The lowest BCUT2D eigenvalue weighted by atomic mass is 9.63. The molecule has 1 aliphatic rings. The van der Waals surface area contributed by atoms with Gasteiger partial charge in [0.05, 0.1) is 0 Å². The second kappa shape index (κ2) is 5.41. The van der Waals surface area contributed by atoms with E-state index in [0.717, 1.165) is 11.1 Å². The second-order valence-electron chi connectivity index (χ2n) is 7.62. The predicted molar refractivity (Wildman–Crippen MR) is 96.5 cm³/mol. The van der Waals surface area contributed by atoms with Crippen molar-refractivity contribution in [2.24, 2.45) is 5.92 Å². The van der Waals surface area contributed by atoms with Gasteiger partial charge in [0, 0.05) is 22.3 Å². The van der Waals surface area contributed by atoms with Crippen molar-refractivity contribution in [3.05, 3.63) is 70.8 Å². The molecule has 0 saturated heterocycles. The normalized spacial score (nSPS) is 24.5. The Morgan fingerprint density at radius 2 is 1.29 bits per heavy atom. The number of hydrogen-bond donors (Lipinski definition) is 0. The molecule has 0 aliphatic heterocycles. The van der Waals surface area contributed by atoms with Crippen LogP contribution in [0.5, 0.6) is 0 Å². The van der Waals surface area contributed by atoms with Gasteiger partial charge in [-0.1, -0.05) is 69.3 Å². The Balaban J connectivity index is 2.40. The first-order valence-electron chi connectivity index (χ1n) is 8.43. The summed E-state index contributed by atoms with van der Waals surface area (Å²) in [6.07, 6.45) is 0. The first-order valence-corrected chi connectivity index (χ1v) is 8.43. The van der Waals surface area contributed by atoms with Crippen molar-refractivity contribution in [2.75, 3.05) is 0 Å². The number of carbonyl (C=O) groups excluding carboxylic acids is 2. The number of benzene rings is 2. The van der Waals surface area contributed by atoms with Gasteiger partial charge in [-0.2, -0.15) is 0 Å². The van der Waals surface area contributed by atoms with Gasteiger partial charge in [-0.15, -0.1) is 0 Å². The average Bonchev–Trinajstić information content (AvgIpc) is 2.72. The Labute approximate surface area is 143 Å². The van der Waals surface area contributed by atoms with Crippen molar-refractivity contribution in [1.29, 1.82) is 0 Å². The van der Waals surface area contributed by atoms with Crippen LogP contribution in [0, 0.1) is 5.92 Å². The predicted octanol–water partition coefficient (Wildman–Crippen LogP) is 4.69. The Hall–Kier alpha value is -2.22. The van der Waals surface area contributed by atoms with E-state index in [2.05, 4.69) is 32.9 Å². The summed E-state index contributed by atoms with van der Waals surface area (Å²) >= 11 is 0. The first-order chi connectivity index (χ1) is 11.2. The van der Waals surface area contributed by atoms with E-state index in [1.54, 1.807) is 13.8 Å². The first kappa shape index (κ1) is 16.6. The van der Waals surface area contributed by atoms with Crippen molar-refractivity contribution in [2.45, 2.75) is 45.4 Å². The molecule has 0 aromatic heterocycles. The van der Waals surface area contributed by atoms with E-state index in [1.165, 1.54) is 5.56 Å². The molecule has 0 saturated carbocycles. The fourth-order valence-electron chi connectivity index (χ4n) is 4.99. The van der Waals surface area contributed by atoms with E-state index in [1.807, 2.05) is 36.4 Å². The van der Waals surface area contributed by atoms with E-state index in [-0.39, 0.29) is 22.9 Å². The third-order valence-electron chi connectivity index (χ3n) is 5.75. The van der Waals surface area contributed by atoms with Crippen LogP contribution in [-0.4, -0.2) is 11.6 Å². The lowest BCUT2D eigenvalue weighted by molar-refractivity contribution is -0.123. The van der Waals surface area contributed by atoms with Crippen molar-refractivity contribution in [3.8, 4) is 0 Å². The van der Waals surface area contributed by atoms with Gasteiger partial charge in [0.1, 0.15) is 5.78 Å². The Bertz CT molecular complexity index is 831. The second-order valence-corrected chi connectivity index (χ2v) is 7.62. The molecule has 0 heterocycles. The zero-order valence-electron chi connectivity index (χ0n) is 15.0. The molecule has 3 rings (SSSR count). The van der Waals surface area contributed by atoms with Crippen LogP contribution in [0.4, 0.5) is 0 Å². The molecule has 2 aromatic rings. The smallest absolute Gasteiger partial charge is 0.160 e. The highest BCUT2D eigenvalue weighted by molar-refractivity contribution is 5.97. The van der Waals surface area contributed by atoms with Crippen molar-refractivity contribution in [3.63, 3.8) is 0 Å². The van der Waals surface area contributed by atoms with Crippen LogP contribution in [0.3, 0.4) is 0 Å². The number of fused-ring (bicyclic) bond motifs is 1. The van der Waals surface area contributed by atoms with E-state index in [9.17, 15) is 9.59 Å². The Morgan fingerprint density at radius 1 is 0.792 bits per heavy atom. The molecule has 2 atom stereocenters. The van der Waals surface area contributed by atoms with Gasteiger partial charge in [0.2, 0.25) is 0 Å². The molecular formula is C22H24O2. The summed E-state index contributed by atoms with van der Waals surface area (Å²) in [4.78, 5) is 24.9. The lowest BCUT2D eigenvalue weighted by Gasteiger charge is -2.38. The molecule has 1 aliphatic carbocycles. The summed E-state index contributed by atoms with van der Waals surface area (Å²) in [7, 11) is 0. The topological polar surface area (TPSA) is 34.1 Å². The van der Waals surface area contributed by atoms with Gasteiger partial charge >= 0.3 is 0 Å². The highest BCUT2D eigenvalue weighted by Gasteiger charge is 2.56. The van der Waals surface area contributed by atoms with Crippen molar-refractivity contribution in [1.82, 2.24) is 0 Å². The average molecular weight is 320 g/mol. The van der Waals surface area contributed by atoms with E-state index in [0.29, 0.717) is 5.56 Å². The van der Waals surface area contributed by atoms with Crippen LogP contribution >= 0.6 is 0 Å². The van der Waals surface area contributed by atoms with E-state index in [4.69, 9.17) is 0 Å². The SMILES string of the molecule is CC(=O)c1ccccc1C1(C)c2ccccc2C(C)(C)C1C(C)=O. The largest absolute Gasteiger partial charge is 0.300 e. The number of hydrogen-bond acceptors (Lipinski definition) is 2. The van der Waals surface area contributed by atoms with Gasteiger partial charge in [-0.25, -0.2) is 0 Å². The molecule has 24 heavy (non-hydrogen) atoms. The summed E-state index contributed by atoms with van der Waals surface area (Å²) in [5.74, 6) is -0.00345. The number of Topliss-reactive ketones (excluding diaryl/α,β-unsaturated/α-hetero) is 2. The summed E-state index contributed by atoms with van der Waals surface area (Å²) in [6.45, 7) is 9.66. The highest BCUT2D eigenvalue weighted by atomic mass is 16.1. The molecule has 0 spiro atoms. The summed E-state index contributed by atoms with van der Waals surface area (Å²) in [5.41, 5.74) is 3.24. The summed E-state index contributed by atoms with van der Waals surface area (Å²) in [6, 6.07) is 16.0. The Kier molecular flexibility index (Phi) is 3.75. The van der Waals surface area contributed by atoms with Crippen LogP contribution in [0.1, 0.15) is 61.7 Å². The molecule has 0 amide bonds. The Morgan fingerprint density at radius 3 is 1.83 bits per heavy atom. The lowest BCUT2D eigenvalue weighted by Crippen LogP contribution is -2.42. The van der Waals surface area contributed by atoms with Gasteiger partial charge in [-0.3, -0.25) is 9.59 Å². The minimum Gasteiger partial charge on any atom is -0.300 e. The molecule has 124 valence electrons. The van der Waals surface area contributed by atoms with Crippen LogP contribution in [-0.2, 0) is 15.6 Å². The van der Waals surface area contributed by atoms with Gasteiger partial charge in [0.25, 0.3) is 0 Å². The minimum atomic E-state index is -0.506. The summed E-state index contributed by atoms with van der Waals surface area (Å²) < 4.78 is 0. The summed E-state index contributed by atoms with van der Waals surface area (Å²) in [5, 5.41) is 0. The highest BCUT2D eigenvalue weighted by Crippen LogP contribution is 2.57. The molecule has 0 bridgehead atoms. The maximum Gasteiger partial charge on any atom is 0.160 e. The molecule has 0 radical (unpaired) electrons. The molecule has 2 unspecified atom stereocenters. The van der Waals surface area contributed by atoms with Gasteiger partial charge < -0.3 is 0 Å². The third kappa shape index (κ3) is 2.09. The van der Waals surface area contributed by atoms with Gasteiger partial charge in [0.15, 0.2) is 5.78 Å². The van der Waals surface area contributed by atoms with Crippen molar-refractivity contribution < 1.29 is 9.59 Å². The monoisotopic (exact) mass is 320 g/mol. The van der Waals surface area contributed by atoms with E-state index < -0.39 is 5.41 Å². The molecule has 2 nitrogen and oxygen atoms in total. The molecule has 0 N–H and O–H groups in total. The quantitative estimate of drug-likeness (QED) is 0.769. The zero-order valence-corrected chi connectivity index (χ0v) is 15.0. The molecular weight excluding hydrogens is 296 g/mol. The fraction of sp³-hybridized carbons (Fsp3) is 0.364. The maximum atomic E-state index is 12.7. The standard InChI is InChI=1S/C22H24O2/c1-14(23)16-10-6-7-11-17(16)22(5)19-13-9-8-12-18(19)21(3,4)20(22)15(2)24/h6-13,20H,1-5H3. The third-order valence-corrected chi connectivity index (χ3v) is 5.75. The number of rotatable bonds is 3. The van der Waals surface area contributed by atoms with Gasteiger partial charge in [-0.05, 0) is 30.5 Å². The molecule has 2 aromatic carbocycles. The zero-order chi connectivity index (χ0) is 17.7.